The lowest BCUT2D eigenvalue weighted by molar-refractivity contribution is -0.379. The molecule has 17 unspecified atom stereocenters. The molecule has 1 amide bonds. The Labute approximate surface area is 555 Å². The third-order valence-electron chi connectivity index (χ3n) is 18.7. The summed E-state index contributed by atoms with van der Waals surface area (Å²) >= 11 is 0. The van der Waals surface area contributed by atoms with Crippen LogP contribution in [0.25, 0.3) is 0 Å². The van der Waals surface area contributed by atoms with E-state index < -0.39 is 124 Å². The first-order valence-corrected chi connectivity index (χ1v) is 37.2. The number of hydrogen-bond acceptors (Lipinski definition) is 18. The summed E-state index contributed by atoms with van der Waals surface area (Å²) in [5, 5.41) is 121. The topological polar surface area (TPSA) is 307 Å². The van der Waals surface area contributed by atoms with Crippen LogP contribution in [0.4, 0.5) is 0 Å². The quantitative estimate of drug-likeness (QED) is 0.0199. The lowest BCUT2D eigenvalue weighted by atomic mass is 9.96. The van der Waals surface area contributed by atoms with Gasteiger partial charge >= 0.3 is 0 Å². The van der Waals surface area contributed by atoms with Gasteiger partial charge in [0, 0.05) is 6.42 Å². The van der Waals surface area contributed by atoms with Crippen LogP contribution in [-0.2, 0) is 33.2 Å². The third-order valence-corrected chi connectivity index (χ3v) is 18.7. The second-order valence-corrected chi connectivity index (χ2v) is 26.7. The first-order chi connectivity index (χ1) is 44.8. The van der Waals surface area contributed by atoms with Gasteiger partial charge in [-0.25, -0.2) is 0 Å². The predicted octanol–water partition coefficient (Wildman–Crippen LogP) is 10.8. The number of rotatable bonds is 58. The Hall–Kier alpha value is -1.99. The monoisotopic (exact) mass is 1310 g/mol. The second-order valence-electron chi connectivity index (χ2n) is 26.7. The van der Waals surface area contributed by atoms with Crippen LogP contribution >= 0.6 is 0 Å². The minimum absolute atomic E-state index is 0.236. The largest absolute Gasteiger partial charge is 0.394 e. The Morgan fingerprint density at radius 1 is 0.380 bits per heavy atom. The maximum Gasteiger partial charge on any atom is 0.220 e. The third kappa shape index (κ3) is 36.0. The van der Waals surface area contributed by atoms with E-state index in [2.05, 4.69) is 43.5 Å². The minimum atomic E-state index is -1.98. The lowest BCUT2D eigenvalue weighted by Gasteiger charge is -2.48. The summed E-state index contributed by atoms with van der Waals surface area (Å²) in [6.45, 7) is 1.75. The Kier molecular flexibility index (Phi) is 50.3. The molecule has 3 aliphatic rings. The number of aliphatic hydroxyl groups is 11. The van der Waals surface area contributed by atoms with Crippen LogP contribution in [0.15, 0.2) is 36.5 Å². The first-order valence-electron chi connectivity index (χ1n) is 37.2. The van der Waals surface area contributed by atoms with Crippen molar-refractivity contribution in [2.24, 2.45) is 0 Å². The maximum atomic E-state index is 13.4. The molecule has 17 atom stereocenters. The normalized spacial score (nSPS) is 27.9. The smallest absolute Gasteiger partial charge is 0.220 e. The molecule has 0 spiro atoms. The number of allylic oxidation sites excluding steroid dienone is 5. The molecule has 0 radical (unpaired) electrons. The molecule has 19 nitrogen and oxygen atoms in total. The molecule has 92 heavy (non-hydrogen) atoms. The van der Waals surface area contributed by atoms with E-state index in [1.54, 1.807) is 6.08 Å². The van der Waals surface area contributed by atoms with Crippen molar-refractivity contribution in [3.63, 3.8) is 0 Å². The highest BCUT2D eigenvalue weighted by Gasteiger charge is 2.53. The van der Waals surface area contributed by atoms with Gasteiger partial charge in [-0.2, -0.15) is 0 Å². The van der Waals surface area contributed by atoms with Gasteiger partial charge in [0.1, 0.15) is 73.2 Å². The summed E-state index contributed by atoms with van der Waals surface area (Å²) in [7, 11) is 0. The molecule has 12 N–H and O–H groups in total. The standard InChI is InChI=1S/C73H135NO18/c1-3-5-7-9-11-13-15-17-19-21-23-24-25-26-27-28-29-30-31-32-33-34-36-38-40-42-44-46-48-50-57(78)56(74-61(79)51-49-47-45-43-41-39-37-35-22-20-18-16-14-12-10-8-6-4-2)55-87-71-67(85)64(82)69(59(53-76)89-71)92-73-68(86)65(83)70(60(54-77)90-73)91-72-66(84)63(81)62(80)58(52-75)88-72/h33-34,40,42,48,50,56-60,62-73,75-78,80-86H,3-32,35-39,41,43-47,49,51-55H2,1-2H3,(H,74,79)/b34-33+,42-40+,50-48+. The number of carbonyl (C=O) groups is 1. The zero-order chi connectivity index (χ0) is 66.8. The Balaban J connectivity index is 1.42. The number of ether oxygens (including phenoxy) is 6. The van der Waals surface area contributed by atoms with E-state index in [1.165, 1.54) is 212 Å². The number of unbranched alkanes of at least 4 members (excludes halogenated alkanes) is 38. The van der Waals surface area contributed by atoms with Crippen molar-refractivity contribution < 1.29 is 89.4 Å². The molecule has 0 aromatic heterocycles. The summed E-state index contributed by atoms with van der Waals surface area (Å²) in [4.78, 5) is 13.4. The highest BCUT2D eigenvalue weighted by molar-refractivity contribution is 5.76. The van der Waals surface area contributed by atoms with Crippen LogP contribution in [-0.4, -0.2) is 193 Å². The molecule has 19 heteroatoms. The molecule has 3 fully saturated rings. The summed E-state index contributed by atoms with van der Waals surface area (Å²) in [6.07, 6.45) is 38.5. The van der Waals surface area contributed by atoms with Crippen molar-refractivity contribution in [1.29, 1.82) is 0 Å². The summed E-state index contributed by atoms with van der Waals surface area (Å²) in [5.74, 6) is -0.285. The van der Waals surface area contributed by atoms with Gasteiger partial charge in [-0.3, -0.25) is 4.79 Å². The van der Waals surface area contributed by atoms with Gasteiger partial charge in [0.25, 0.3) is 0 Å². The molecule has 0 bridgehead atoms. The van der Waals surface area contributed by atoms with Crippen LogP contribution in [0, 0.1) is 0 Å². The zero-order valence-corrected chi connectivity index (χ0v) is 57.3. The summed E-state index contributed by atoms with van der Waals surface area (Å²) in [5.41, 5.74) is 0. The van der Waals surface area contributed by atoms with Gasteiger partial charge in [-0.15, -0.1) is 0 Å². The first kappa shape index (κ1) is 84.2. The van der Waals surface area contributed by atoms with Crippen LogP contribution in [0.5, 0.6) is 0 Å². The average molecular weight is 1310 g/mol. The predicted molar refractivity (Wildman–Crippen MR) is 360 cm³/mol. The molecule has 0 aliphatic carbocycles. The van der Waals surface area contributed by atoms with Crippen molar-refractivity contribution in [2.75, 3.05) is 26.4 Å². The van der Waals surface area contributed by atoms with Crippen LogP contribution in [0.1, 0.15) is 290 Å². The Bertz CT molecular complexity index is 1810. The molecular weight excluding hydrogens is 1180 g/mol. The number of nitrogens with one attached hydrogen (secondary N) is 1. The molecule has 0 saturated carbocycles. The molecule has 540 valence electrons. The number of amides is 1. The van der Waals surface area contributed by atoms with Crippen LogP contribution in [0.3, 0.4) is 0 Å². The van der Waals surface area contributed by atoms with Crippen molar-refractivity contribution in [3.05, 3.63) is 36.5 Å². The van der Waals surface area contributed by atoms with E-state index >= 15 is 0 Å². The van der Waals surface area contributed by atoms with E-state index in [9.17, 15) is 61.0 Å². The van der Waals surface area contributed by atoms with Gasteiger partial charge in [-0.05, 0) is 44.9 Å². The molecule has 3 rings (SSSR count). The molecular formula is C73H135NO18. The van der Waals surface area contributed by atoms with E-state index in [0.29, 0.717) is 12.8 Å². The SMILES string of the molecule is CCCCCCCCCCCCCCCCCCCCC/C=C/CC/C=C/CC/C=C/C(O)C(COC1OC(CO)C(OC2OC(CO)C(OC3OC(CO)C(O)C(O)C3O)C(O)C2O)C(O)C1O)NC(=O)CCCCCCCCCCCCCCCCCCCC. The van der Waals surface area contributed by atoms with Gasteiger partial charge in [-0.1, -0.05) is 275 Å². The fraction of sp³-hybridized carbons (Fsp3) is 0.904. The minimum Gasteiger partial charge on any atom is -0.394 e. The highest BCUT2D eigenvalue weighted by Crippen LogP contribution is 2.33. The van der Waals surface area contributed by atoms with Crippen LogP contribution in [0.2, 0.25) is 0 Å². The van der Waals surface area contributed by atoms with Gasteiger partial charge in [0.15, 0.2) is 18.9 Å². The van der Waals surface area contributed by atoms with Crippen LogP contribution < -0.4 is 5.32 Å². The molecule has 0 aromatic carbocycles. The second kappa shape index (κ2) is 55.0. The van der Waals surface area contributed by atoms with Gasteiger partial charge in [0.2, 0.25) is 5.91 Å². The number of carbonyl (C=O) groups excluding carboxylic acids is 1. The van der Waals surface area contributed by atoms with E-state index in [4.69, 9.17) is 28.4 Å². The fourth-order valence-corrected chi connectivity index (χ4v) is 12.6. The Morgan fingerprint density at radius 3 is 1.09 bits per heavy atom. The molecule has 0 aromatic rings. The van der Waals surface area contributed by atoms with Crippen molar-refractivity contribution in [3.8, 4) is 0 Å². The molecule has 3 heterocycles. The van der Waals surface area contributed by atoms with E-state index in [-0.39, 0.29) is 18.9 Å². The van der Waals surface area contributed by atoms with E-state index in [0.717, 1.165) is 44.9 Å². The van der Waals surface area contributed by atoms with Gasteiger partial charge < -0.3 is 89.9 Å². The number of hydrogen-bond donors (Lipinski definition) is 12. The lowest BCUT2D eigenvalue weighted by Crippen LogP contribution is -2.66. The van der Waals surface area contributed by atoms with E-state index in [1.807, 2.05) is 6.08 Å². The average Bonchev–Trinajstić information content (AvgIpc) is 0.857. The molecule has 3 aliphatic heterocycles. The van der Waals surface area contributed by atoms with Crippen molar-refractivity contribution in [1.82, 2.24) is 5.32 Å². The summed E-state index contributed by atoms with van der Waals surface area (Å²) < 4.78 is 34.4. The highest BCUT2D eigenvalue weighted by atomic mass is 16.8. The Morgan fingerprint density at radius 2 is 0.696 bits per heavy atom. The van der Waals surface area contributed by atoms with Crippen molar-refractivity contribution >= 4 is 5.91 Å². The molecule has 3 saturated heterocycles. The van der Waals surface area contributed by atoms with Crippen molar-refractivity contribution in [2.45, 2.75) is 394 Å². The number of aliphatic hydroxyl groups excluding tert-OH is 11. The van der Waals surface area contributed by atoms with Gasteiger partial charge in [0.05, 0.1) is 38.6 Å². The zero-order valence-electron chi connectivity index (χ0n) is 57.3. The summed E-state index contributed by atoms with van der Waals surface area (Å²) in [6, 6.07) is -0.995. The maximum absolute atomic E-state index is 13.4. The fourth-order valence-electron chi connectivity index (χ4n) is 12.6.